The molecule has 0 aliphatic rings. The summed E-state index contributed by atoms with van der Waals surface area (Å²) >= 11 is 25.2. The average Bonchev–Trinajstić information content (AvgIpc) is 2.75. The Kier molecular flexibility index (Phi) is 8.64. The van der Waals surface area contributed by atoms with Crippen molar-refractivity contribution in [2.45, 2.75) is 6.61 Å². The van der Waals surface area contributed by atoms with Crippen molar-refractivity contribution in [2.24, 2.45) is 0 Å². The normalized spacial score (nSPS) is 11.1. The van der Waals surface area contributed by atoms with Crippen LogP contribution in [0.1, 0.15) is 11.1 Å². The Morgan fingerprint density at radius 3 is 2.34 bits per heavy atom. The first-order valence-corrected chi connectivity index (χ1v) is 11.7. The van der Waals surface area contributed by atoms with Crippen LogP contribution in [0, 0.1) is 11.3 Å². The fraction of sp³-hybridized carbons (Fsp3) is 0.0435. The maximum absolute atomic E-state index is 12.6. The summed E-state index contributed by atoms with van der Waals surface area (Å²) in [7, 11) is 0. The third kappa shape index (κ3) is 6.06. The number of nitrogens with one attached hydrogen (secondary N) is 1. The third-order valence-corrected chi connectivity index (χ3v) is 6.59. The van der Waals surface area contributed by atoms with E-state index in [9.17, 15) is 10.1 Å². The molecule has 0 aliphatic heterocycles. The molecule has 0 aliphatic carbocycles. The fourth-order valence-corrected chi connectivity index (χ4v) is 4.66. The Balaban J connectivity index is 1.80. The van der Waals surface area contributed by atoms with Crippen LogP contribution in [0.4, 0.5) is 5.69 Å². The first-order chi connectivity index (χ1) is 15.3. The summed E-state index contributed by atoms with van der Waals surface area (Å²) in [5.74, 6) is -0.0429. The van der Waals surface area contributed by atoms with Gasteiger partial charge in [0.2, 0.25) is 0 Å². The molecule has 0 spiro atoms. The van der Waals surface area contributed by atoms with Crippen LogP contribution in [0.3, 0.4) is 0 Å². The van der Waals surface area contributed by atoms with E-state index >= 15 is 0 Å². The molecule has 0 saturated heterocycles. The lowest BCUT2D eigenvalue weighted by molar-refractivity contribution is -0.112. The zero-order valence-corrected chi connectivity index (χ0v) is 21.6. The molecule has 0 heterocycles. The largest absolute Gasteiger partial charge is 0.486 e. The molecule has 4 nitrogen and oxygen atoms in total. The SMILES string of the molecule is N#C/C(=C/c1cc(Br)c(OCc2ccccc2Cl)c(Br)c1)C(=O)Nc1cccc(Cl)c1Cl. The van der Waals surface area contributed by atoms with E-state index in [1.165, 1.54) is 6.08 Å². The van der Waals surface area contributed by atoms with Crippen LogP contribution < -0.4 is 10.1 Å². The maximum Gasteiger partial charge on any atom is 0.266 e. The van der Waals surface area contributed by atoms with Crippen LogP contribution in [-0.4, -0.2) is 5.91 Å². The third-order valence-electron chi connectivity index (χ3n) is 4.23. The lowest BCUT2D eigenvalue weighted by Crippen LogP contribution is -2.13. The number of benzene rings is 3. The van der Waals surface area contributed by atoms with Crippen molar-refractivity contribution < 1.29 is 9.53 Å². The minimum Gasteiger partial charge on any atom is -0.486 e. The van der Waals surface area contributed by atoms with E-state index in [4.69, 9.17) is 39.5 Å². The highest BCUT2D eigenvalue weighted by Gasteiger charge is 2.15. The van der Waals surface area contributed by atoms with Gasteiger partial charge in [0.1, 0.15) is 24.0 Å². The van der Waals surface area contributed by atoms with Crippen molar-refractivity contribution in [3.8, 4) is 11.8 Å². The van der Waals surface area contributed by atoms with E-state index in [1.54, 1.807) is 36.4 Å². The highest BCUT2D eigenvalue weighted by atomic mass is 79.9. The summed E-state index contributed by atoms with van der Waals surface area (Å²) in [5, 5.41) is 13.2. The number of nitriles is 1. The number of carbonyl (C=O) groups is 1. The smallest absolute Gasteiger partial charge is 0.266 e. The molecule has 0 radical (unpaired) electrons. The summed E-state index contributed by atoms with van der Waals surface area (Å²) in [4.78, 5) is 12.6. The van der Waals surface area contributed by atoms with E-state index in [-0.39, 0.29) is 17.2 Å². The number of nitrogens with zero attached hydrogens (tertiary/aromatic N) is 1. The molecule has 9 heteroatoms. The van der Waals surface area contributed by atoms with E-state index in [1.807, 2.05) is 24.3 Å². The van der Waals surface area contributed by atoms with Gasteiger partial charge >= 0.3 is 0 Å². The summed E-state index contributed by atoms with van der Waals surface area (Å²) in [6.07, 6.45) is 1.46. The lowest BCUT2D eigenvalue weighted by Gasteiger charge is -2.12. The molecule has 0 fully saturated rings. The minimum atomic E-state index is -0.608. The number of amides is 1. The molecule has 3 aromatic rings. The van der Waals surface area contributed by atoms with Gasteiger partial charge in [-0.2, -0.15) is 5.26 Å². The Bertz CT molecular complexity index is 1230. The first kappa shape index (κ1) is 24.6. The van der Waals surface area contributed by atoms with Crippen LogP contribution in [0.5, 0.6) is 5.75 Å². The standard InChI is InChI=1S/C23H13Br2Cl3N2O2/c24-16-9-13(10-17(25)22(16)32-12-14-4-1-2-5-18(14)26)8-15(11-29)23(31)30-20-7-3-6-19(27)21(20)28/h1-10H,12H2,(H,30,31)/b15-8-. The van der Waals surface area contributed by atoms with Crippen LogP contribution in [0.2, 0.25) is 15.1 Å². The molecule has 0 unspecified atom stereocenters. The highest BCUT2D eigenvalue weighted by molar-refractivity contribution is 9.11. The number of halogens is 5. The summed E-state index contributed by atoms with van der Waals surface area (Å²) in [5.41, 5.74) is 1.67. The predicted octanol–water partition coefficient (Wildman–Crippen LogP) is 8.30. The fourth-order valence-electron chi connectivity index (χ4n) is 2.67. The molecular weight excluding hydrogens is 602 g/mol. The molecular formula is C23H13Br2Cl3N2O2. The Morgan fingerprint density at radius 1 is 1.03 bits per heavy atom. The van der Waals surface area contributed by atoms with E-state index in [0.717, 1.165) is 5.56 Å². The lowest BCUT2D eigenvalue weighted by atomic mass is 10.1. The summed E-state index contributed by atoms with van der Waals surface area (Å²) < 4.78 is 7.18. The van der Waals surface area contributed by atoms with Gasteiger partial charge in [-0.15, -0.1) is 0 Å². The van der Waals surface area contributed by atoms with Crippen LogP contribution >= 0.6 is 66.7 Å². The quantitative estimate of drug-likeness (QED) is 0.224. The second kappa shape index (κ2) is 11.2. The van der Waals surface area contributed by atoms with Crippen LogP contribution in [-0.2, 0) is 11.4 Å². The second-order valence-corrected chi connectivity index (χ2v) is 9.32. The van der Waals surface area contributed by atoms with Gasteiger partial charge in [0.25, 0.3) is 5.91 Å². The molecule has 0 aromatic heterocycles. The van der Waals surface area contributed by atoms with Gasteiger partial charge in [-0.3, -0.25) is 4.79 Å². The van der Waals surface area contributed by atoms with Gasteiger partial charge in [0.15, 0.2) is 0 Å². The van der Waals surface area contributed by atoms with Crippen molar-refractivity contribution in [3.05, 3.63) is 95.3 Å². The number of hydrogen-bond donors (Lipinski definition) is 1. The summed E-state index contributed by atoms with van der Waals surface area (Å²) in [6, 6.07) is 17.6. The van der Waals surface area contributed by atoms with Gasteiger partial charge in [-0.05, 0) is 73.8 Å². The molecule has 162 valence electrons. The van der Waals surface area contributed by atoms with Crippen molar-refractivity contribution >= 4 is 84.3 Å². The molecule has 3 aromatic carbocycles. The van der Waals surface area contributed by atoms with Gasteiger partial charge in [-0.25, -0.2) is 0 Å². The molecule has 0 bridgehead atoms. The van der Waals surface area contributed by atoms with Gasteiger partial charge in [0, 0.05) is 10.6 Å². The predicted molar refractivity (Wildman–Crippen MR) is 136 cm³/mol. The van der Waals surface area contributed by atoms with E-state index in [0.29, 0.717) is 36.0 Å². The number of hydrogen-bond acceptors (Lipinski definition) is 3. The second-order valence-electron chi connectivity index (χ2n) is 6.42. The minimum absolute atomic E-state index is 0.107. The molecule has 0 saturated carbocycles. The van der Waals surface area contributed by atoms with Crippen LogP contribution in [0.25, 0.3) is 6.08 Å². The monoisotopic (exact) mass is 612 g/mol. The van der Waals surface area contributed by atoms with Crippen molar-refractivity contribution in [2.75, 3.05) is 5.32 Å². The number of carbonyl (C=O) groups excluding carboxylic acids is 1. The average molecular weight is 616 g/mol. The van der Waals surface area contributed by atoms with Gasteiger partial charge in [-0.1, -0.05) is 59.1 Å². The van der Waals surface area contributed by atoms with Crippen molar-refractivity contribution in [3.63, 3.8) is 0 Å². The molecule has 3 rings (SSSR count). The number of anilines is 1. The first-order valence-electron chi connectivity index (χ1n) is 9.02. The topological polar surface area (TPSA) is 62.1 Å². The Morgan fingerprint density at radius 2 is 1.69 bits per heavy atom. The Labute approximate surface area is 217 Å². The maximum atomic E-state index is 12.6. The van der Waals surface area contributed by atoms with Crippen molar-refractivity contribution in [1.29, 1.82) is 5.26 Å². The van der Waals surface area contributed by atoms with Gasteiger partial charge in [0.05, 0.1) is 24.7 Å². The number of ether oxygens (including phenoxy) is 1. The zero-order valence-electron chi connectivity index (χ0n) is 16.1. The highest BCUT2D eigenvalue weighted by Crippen LogP contribution is 2.36. The van der Waals surface area contributed by atoms with E-state index < -0.39 is 5.91 Å². The molecule has 32 heavy (non-hydrogen) atoms. The van der Waals surface area contributed by atoms with E-state index in [2.05, 4.69) is 37.2 Å². The van der Waals surface area contributed by atoms with Crippen LogP contribution in [0.15, 0.2) is 69.1 Å². The zero-order chi connectivity index (χ0) is 23.3. The van der Waals surface area contributed by atoms with Crippen molar-refractivity contribution in [1.82, 2.24) is 0 Å². The Hall–Kier alpha value is -2.01. The number of rotatable bonds is 6. The summed E-state index contributed by atoms with van der Waals surface area (Å²) in [6.45, 7) is 0.276. The molecule has 0 atom stereocenters. The molecule has 1 amide bonds. The molecule has 1 N–H and O–H groups in total. The van der Waals surface area contributed by atoms with Gasteiger partial charge < -0.3 is 10.1 Å².